The smallest absolute Gasteiger partial charge is 0.245 e. The standard InChI is InChI=1S/C11H17FN2O2S/c1-4-5-14(3)17(15,16)11-7-10(13)8(2)6-9(11)12/h6-7H,4-5,13H2,1-3H3. The minimum absolute atomic E-state index is 0.273. The summed E-state index contributed by atoms with van der Waals surface area (Å²) in [5.74, 6) is -0.764. The van der Waals surface area contributed by atoms with Crippen molar-refractivity contribution in [2.45, 2.75) is 25.2 Å². The molecule has 1 aromatic rings. The molecule has 96 valence electrons. The van der Waals surface area contributed by atoms with Gasteiger partial charge < -0.3 is 5.73 Å². The lowest BCUT2D eigenvalue weighted by atomic mass is 10.2. The first kappa shape index (κ1) is 13.9. The SMILES string of the molecule is CCCN(C)S(=O)(=O)c1cc(N)c(C)cc1F. The van der Waals surface area contributed by atoms with Gasteiger partial charge in [0.25, 0.3) is 0 Å². The molecule has 1 aromatic carbocycles. The Balaban J connectivity index is 3.29. The van der Waals surface area contributed by atoms with Crippen molar-refractivity contribution in [3.63, 3.8) is 0 Å². The van der Waals surface area contributed by atoms with Gasteiger partial charge >= 0.3 is 0 Å². The first-order chi connectivity index (χ1) is 7.80. The van der Waals surface area contributed by atoms with Crippen LogP contribution in [0.4, 0.5) is 10.1 Å². The second kappa shape index (κ2) is 5.01. The third-order valence-corrected chi connectivity index (χ3v) is 4.42. The van der Waals surface area contributed by atoms with Crippen molar-refractivity contribution >= 4 is 15.7 Å². The maximum atomic E-state index is 13.7. The van der Waals surface area contributed by atoms with Gasteiger partial charge in [0, 0.05) is 19.3 Å². The maximum absolute atomic E-state index is 13.7. The van der Waals surface area contributed by atoms with Crippen molar-refractivity contribution in [2.24, 2.45) is 0 Å². The molecule has 0 radical (unpaired) electrons. The van der Waals surface area contributed by atoms with Crippen LogP contribution in [0.5, 0.6) is 0 Å². The number of halogens is 1. The van der Waals surface area contributed by atoms with Crippen LogP contribution in [0.15, 0.2) is 17.0 Å². The molecular formula is C11H17FN2O2S. The highest BCUT2D eigenvalue weighted by atomic mass is 32.2. The Morgan fingerprint density at radius 1 is 1.41 bits per heavy atom. The van der Waals surface area contributed by atoms with Crippen LogP contribution in [0.25, 0.3) is 0 Å². The molecule has 0 aliphatic carbocycles. The van der Waals surface area contributed by atoms with Crippen LogP contribution in [-0.4, -0.2) is 26.3 Å². The number of nitrogens with two attached hydrogens (primary N) is 1. The van der Waals surface area contributed by atoms with E-state index in [2.05, 4.69) is 0 Å². The van der Waals surface area contributed by atoms with Gasteiger partial charge in [-0.1, -0.05) is 6.92 Å². The Morgan fingerprint density at radius 3 is 2.53 bits per heavy atom. The topological polar surface area (TPSA) is 63.4 Å². The monoisotopic (exact) mass is 260 g/mol. The predicted octanol–water partition coefficient (Wildman–Crippen LogP) is 1.75. The molecule has 0 aromatic heterocycles. The largest absolute Gasteiger partial charge is 0.398 e. The Hall–Kier alpha value is -1.14. The van der Waals surface area contributed by atoms with E-state index in [1.54, 1.807) is 6.92 Å². The number of sulfonamides is 1. The minimum Gasteiger partial charge on any atom is -0.398 e. The Labute approximate surface area is 101 Å². The van der Waals surface area contributed by atoms with Crippen LogP contribution < -0.4 is 5.73 Å². The summed E-state index contributed by atoms with van der Waals surface area (Å²) in [6.07, 6.45) is 0.665. The summed E-state index contributed by atoms with van der Waals surface area (Å²) in [7, 11) is -2.37. The van der Waals surface area contributed by atoms with Crippen molar-refractivity contribution < 1.29 is 12.8 Å². The number of nitrogen functional groups attached to an aromatic ring is 1. The van der Waals surface area contributed by atoms with Gasteiger partial charge in [0.15, 0.2) is 0 Å². The molecule has 17 heavy (non-hydrogen) atoms. The van der Waals surface area contributed by atoms with E-state index in [-0.39, 0.29) is 10.6 Å². The van der Waals surface area contributed by atoms with Crippen molar-refractivity contribution in [1.29, 1.82) is 0 Å². The Morgan fingerprint density at radius 2 is 2.00 bits per heavy atom. The summed E-state index contributed by atoms with van der Waals surface area (Å²) < 4.78 is 38.9. The number of nitrogens with zero attached hydrogens (tertiary/aromatic N) is 1. The van der Waals surface area contributed by atoms with Crippen LogP contribution in [0.2, 0.25) is 0 Å². The fourth-order valence-corrected chi connectivity index (χ4v) is 2.81. The van der Waals surface area contributed by atoms with Gasteiger partial charge in [-0.2, -0.15) is 0 Å². The summed E-state index contributed by atoms with van der Waals surface area (Å²) in [5, 5.41) is 0. The first-order valence-electron chi connectivity index (χ1n) is 5.32. The summed E-state index contributed by atoms with van der Waals surface area (Å²) in [6, 6.07) is 2.31. The zero-order chi connectivity index (χ0) is 13.2. The third-order valence-electron chi connectivity index (χ3n) is 2.55. The molecule has 0 spiro atoms. The quantitative estimate of drug-likeness (QED) is 0.839. The molecule has 0 bridgehead atoms. The highest BCUT2D eigenvalue weighted by Gasteiger charge is 2.24. The number of benzene rings is 1. The summed E-state index contributed by atoms with van der Waals surface area (Å²) >= 11 is 0. The predicted molar refractivity (Wildman–Crippen MR) is 65.7 cm³/mol. The molecule has 2 N–H and O–H groups in total. The number of hydrogen-bond acceptors (Lipinski definition) is 3. The van der Waals surface area contributed by atoms with E-state index >= 15 is 0 Å². The van der Waals surface area contributed by atoms with E-state index in [9.17, 15) is 12.8 Å². The molecule has 0 unspecified atom stereocenters. The maximum Gasteiger partial charge on any atom is 0.245 e. The van der Waals surface area contributed by atoms with Crippen molar-refractivity contribution in [3.05, 3.63) is 23.5 Å². The van der Waals surface area contributed by atoms with Crippen molar-refractivity contribution in [2.75, 3.05) is 19.3 Å². The van der Waals surface area contributed by atoms with Gasteiger partial charge in [0.2, 0.25) is 10.0 Å². The van der Waals surface area contributed by atoms with Gasteiger partial charge in [-0.05, 0) is 31.0 Å². The molecule has 0 amide bonds. The number of rotatable bonds is 4. The highest BCUT2D eigenvalue weighted by molar-refractivity contribution is 7.89. The second-order valence-electron chi connectivity index (χ2n) is 3.97. The van der Waals surface area contributed by atoms with Gasteiger partial charge in [-0.25, -0.2) is 17.1 Å². The fourth-order valence-electron chi connectivity index (χ4n) is 1.47. The summed E-state index contributed by atoms with van der Waals surface area (Å²) in [5.41, 5.74) is 6.41. The molecular weight excluding hydrogens is 243 g/mol. The average Bonchev–Trinajstić information content (AvgIpc) is 2.23. The van der Waals surface area contributed by atoms with E-state index in [1.807, 2.05) is 6.92 Å². The van der Waals surface area contributed by atoms with Crippen molar-refractivity contribution in [1.82, 2.24) is 4.31 Å². The van der Waals surface area contributed by atoms with Crippen LogP contribution >= 0.6 is 0 Å². The Kier molecular flexibility index (Phi) is 4.11. The molecule has 0 aliphatic heterocycles. The lowest BCUT2D eigenvalue weighted by Gasteiger charge is -2.17. The van der Waals surface area contributed by atoms with Crippen LogP contribution in [0, 0.1) is 12.7 Å². The normalized spacial score (nSPS) is 12.1. The van der Waals surface area contributed by atoms with Gasteiger partial charge in [-0.3, -0.25) is 0 Å². The van der Waals surface area contributed by atoms with Crippen LogP contribution in [0.3, 0.4) is 0 Å². The number of aryl methyl sites for hydroxylation is 1. The minimum atomic E-state index is -3.79. The average molecular weight is 260 g/mol. The molecule has 4 nitrogen and oxygen atoms in total. The summed E-state index contributed by atoms with van der Waals surface area (Å²) in [4.78, 5) is -0.364. The molecule has 0 saturated heterocycles. The molecule has 1 rings (SSSR count). The molecule has 0 atom stereocenters. The first-order valence-corrected chi connectivity index (χ1v) is 6.76. The molecule has 0 heterocycles. The van der Waals surface area contributed by atoms with E-state index < -0.39 is 15.8 Å². The van der Waals surface area contributed by atoms with Crippen LogP contribution in [-0.2, 0) is 10.0 Å². The third kappa shape index (κ3) is 2.76. The molecule has 0 aliphatic rings. The summed E-state index contributed by atoms with van der Waals surface area (Å²) in [6.45, 7) is 3.83. The number of anilines is 1. The second-order valence-corrected chi connectivity index (χ2v) is 5.98. The lowest BCUT2D eigenvalue weighted by Crippen LogP contribution is -2.28. The van der Waals surface area contributed by atoms with E-state index in [4.69, 9.17) is 5.73 Å². The number of hydrogen-bond donors (Lipinski definition) is 1. The van der Waals surface area contributed by atoms with Gasteiger partial charge in [0.05, 0.1) is 0 Å². The molecule has 0 saturated carbocycles. The van der Waals surface area contributed by atoms with Gasteiger partial charge in [0.1, 0.15) is 10.7 Å². The zero-order valence-electron chi connectivity index (χ0n) is 10.2. The molecule has 6 heteroatoms. The highest BCUT2D eigenvalue weighted by Crippen LogP contribution is 2.23. The zero-order valence-corrected chi connectivity index (χ0v) is 11.0. The van der Waals surface area contributed by atoms with E-state index in [0.717, 1.165) is 10.4 Å². The van der Waals surface area contributed by atoms with Crippen LogP contribution in [0.1, 0.15) is 18.9 Å². The lowest BCUT2D eigenvalue weighted by molar-refractivity contribution is 0.462. The van der Waals surface area contributed by atoms with Crippen molar-refractivity contribution in [3.8, 4) is 0 Å². The van der Waals surface area contributed by atoms with E-state index in [0.29, 0.717) is 18.5 Å². The van der Waals surface area contributed by atoms with Gasteiger partial charge in [-0.15, -0.1) is 0 Å². The Bertz CT molecular complexity index is 514. The fraction of sp³-hybridized carbons (Fsp3) is 0.455. The molecule has 0 fully saturated rings. The van der Waals surface area contributed by atoms with E-state index in [1.165, 1.54) is 13.1 Å².